The van der Waals surface area contributed by atoms with Gasteiger partial charge in [0.25, 0.3) is 0 Å². The number of carbonyl (C=O) groups is 1. The van der Waals surface area contributed by atoms with Gasteiger partial charge in [0.1, 0.15) is 6.61 Å². The molecule has 0 saturated heterocycles. The summed E-state index contributed by atoms with van der Waals surface area (Å²) in [7, 11) is 0. The molecule has 0 radical (unpaired) electrons. The van der Waals surface area contributed by atoms with E-state index in [1.807, 2.05) is 0 Å². The van der Waals surface area contributed by atoms with Gasteiger partial charge in [-0.15, -0.1) is 6.58 Å². The lowest BCUT2D eigenvalue weighted by atomic mass is 10.7. The van der Waals surface area contributed by atoms with Crippen LogP contribution < -0.4 is 0 Å². The van der Waals surface area contributed by atoms with E-state index in [0.29, 0.717) is 0 Å². The minimum Gasteiger partial charge on any atom is -0.450 e. The van der Waals surface area contributed by atoms with Crippen molar-refractivity contribution < 1.29 is 24.8 Å². The van der Waals surface area contributed by atoms with Crippen LogP contribution in [0, 0.1) is 0 Å². The lowest BCUT2D eigenvalue weighted by Gasteiger charge is -1.88. The second-order valence-corrected chi connectivity index (χ2v) is 1.45. The van der Waals surface area contributed by atoms with Crippen molar-refractivity contribution in [2.24, 2.45) is 0 Å². The maximum atomic E-state index is 9.49. The van der Waals surface area contributed by atoms with Gasteiger partial charge in [0, 0.05) is 0 Å². The molecule has 0 aliphatic carbocycles. The molecule has 0 saturated carbocycles. The Morgan fingerprint density at radius 3 is 1.92 bits per heavy atom. The second kappa shape index (κ2) is 12.4. The van der Waals surface area contributed by atoms with Crippen molar-refractivity contribution in [3.05, 3.63) is 25.3 Å². The van der Waals surface area contributed by atoms with E-state index in [1.165, 1.54) is 12.2 Å². The third-order valence-corrected chi connectivity index (χ3v) is 0.517. The molecule has 2 N–H and O–H groups in total. The van der Waals surface area contributed by atoms with Gasteiger partial charge in [0.15, 0.2) is 0 Å². The highest BCUT2D eigenvalue weighted by atomic mass is 17.1. The summed E-state index contributed by atoms with van der Waals surface area (Å²) in [6, 6.07) is 0. The van der Waals surface area contributed by atoms with E-state index in [0.717, 1.165) is 0 Å². The summed E-state index contributed by atoms with van der Waals surface area (Å²) < 4.78 is 3.99. The molecule has 5 heteroatoms. The van der Waals surface area contributed by atoms with Gasteiger partial charge in [0.2, 0.25) is 0 Å². The Morgan fingerprint density at radius 2 is 1.83 bits per heavy atom. The summed E-state index contributed by atoms with van der Waals surface area (Å²) in [6.07, 6.45) is 1.56. The molecule has 5 nitrogen and oxygen atoms in total. The monoisotopic (exact) mass is 176 g/mol. The molecule has 70 valence electrons. The molecule has 0 rings (SSSR count). The third kappa shape index (κ3) is 23.4. The van der Waals surface area contributed by atoms with Gasteiger partial charge in [-0.05, 0) is 0 Å². The first-order chi connectivity index (χ1) is 5.68. The van der Waals surface area contributed by atoms with Crippen LogP contribution in [0.2, 0.25) is 0 Å². The molecule has 0 atom stereocenters. The van der Waals surface area contributed by atoms with E-state index < -0.39 is 6.16 Å². The third-order valence-electron chi connectivity index (χ3n) is 0.517. The normalized spacial score (nSPS) is 7.42. The van der Waals surface area contributed by atoms with E-state index in [-0.39, 0.29) is 13.2 Å². The number of ether oxygens (including phenoxy) is 1. The standard InChI is InChI=1S/C4H6O3.C3H6O2/c1-2-3-7-4(5)6;1-2-3-5-4/h2H,1,3H2,(H,5,6);2,4H,1,3H2. The lowest BCUT2D eigenvalue weighted by Crippen LogP contribution is -1.98. The minimum absolute atomic E-state index is 0.0648. The van der Waals surface area contributed by atoms with Gasteiger partial charge in [-0.25, -0.2) is 9.68 Å². The fraction of sp³-hybridized carbons (Fsp3) is 0.286. The predicted octanol–water partition coefficient (Wildman–Crippen LogP) is 1.53. The molecule has 0 aliphatic heterocycles. The number of carboxylic acid groups (broad SMARTS) is 1. The first-order valence-electron chi connectivity index (χ1n) is 3.02. The van der Waals surface area contributed by atoms with Crippen molar-refractivity contribution in [2.45, 2.75) is 0 Å². The Kier molecular flexibility index (Phi) is 13.7. The fourth-order valence-corrected chi connectivity index (χ4v) is 0.183. The van der Waals surface area contributed by atoms with Crippen LogP contribution in [0.1, 0.15) is 0 Å². The fourth-order valence-electron chi connectivity index (χ4n) is 0.183. The molecule has 0 amide bonds. The van der Waals surface area contributed by atoms with Crippen LogP contribution in [-0.2, 0) is 9.62 Å². The first kappa shape index (κ1) is 13.3. The van der Waals surface area contributed by atoms with E-state index in [1.54, 1.807) is 0 Å². The zero-order valence-electron chi connectivity index (χ0n) is 6.60. The number of rotatable bonds is 4. The van der Waals surface area contributed by atoms with Crippen LogP contribution in [0.3, 0.4) is 0 Å². The van der Waals surface area contributed by atoms with Crippen LogP contribution >= 0.6 is 0 Å². The maximum absolute atomic E-state index is 9.49. The average Bonchev–Trinajstić information content (AvgIpc) is 2.03. The lowest BCUT2D eigenvalue weighted by molar-refractivity contribution is -0.231. The van der Waals surface area contributed by atoms with E-state index in [4.69, 9.17) is 10.4 Å². The second-order valence-electron chi connectivity index (χ2n) is 1.45. The minimum atomic E-state index is -1.26. The van der Waals surface area contributed by atoms with Crippen molar-refractivity contribution in [3.8, 4) is 0 Å². The summed E-state index contributed by atoms with van der Waals surface area (Å²) >= 11 is 0. The topological polar surface area (TPSA) is 76.0 Å². The largest absolute Gasteiger partial charge is 0.506 e. The molecular formula is C7H12O5. The molecule has 0 aliphatic rings. The van der Waals surface area contributed by atoms with Crippen molar-refractivity contribution in [1.82, 2.24) is 0 Å². The summed E-state index contributed by atoms with van der Waals surface area (Å²) in [5.41, 5.74) is 0. The molecule has 0 aromatic heterocycles. The smallest absolute Gasteiger partial charge is 0.450 e. The van der Waals surface area contributed by atoms with Crippen molar-refractivity contribution in [3.63, 3.8) is 0 Å². The van der Waals surface area contributed by atoms with Gasteiger partial charge in [-0.1, -0.05) is 18.7 Å². The molecule has 0 bridgehead atoms. The molecular weight excluding hydrogens is 164 g/mol. The van der Waals surface area contributed by atoms with Crippen molar-refractivity contribution >= 4 is 6.16 Å². The highest BCUT2D eigenvalue weighted by Crippen LogP contribution is 1.73. The van der Waals surface area contributed by atoms with Gasteiger partial charge in [-0.2, -0.15) is 0 Å². The van der Waals surface area contributed by atoms with Gasteiger partial charge in [0.05, 0.1) is 6.61 Å². The van der Waals surface area contributed by atoms with Gasteiger partial charge < -0.3 is 9.84 Å². The first-order valence-corrected chi connectivity index (χ1v) is 3.02. The molecule has 0 heterocycles. The molecule has 0 aromatic carbocycles. The van der Waals surface area contributed by atoms with Gasteiger partial charge >= 0.3 is 6.16 Å². The predicted molar refractivity (Wildman–Crippen MR) is 43.0 cm³/mol. The summed E-state index contributed by atoms with van der Waals surface area (Å²) in [4.78, 5) is 13.1. The van der Waals surface area contributed by atoms with Crippen molar-refractivity contribution in [1.29, 1.82) is 0 Å². The Hall–Kier alpha value is -1.33. The van der Waals surface area contributed by atoms with E-state index in [9.17, 15) is 4.79 Å². The van der Waals surface area contributed by atoms with Crippen LogP contribution in [0.15, 0.2) is 25.3 Å². The van der Waals surface area contributed by atoms with E-state index >= 15 is 0 Å². The summed E-state index contributed by atoms with van der Waals surface area (Å²) in [5, 5.41) is 15.3. The SMILES string of the molecule is C=CCOC(=O)O.C=CCOO. The molecule has 0 unspecified atom stereocenters. The Balaban J connectivity index is 0. The maximum Gasteiger partial charge on any atom is 0.506 e. The summed E-state index contributed by atoms with van der Waals surface area (Å²) in [6.45, 7) is 6.78. The Bertz CT molecular complexity index is 132. The van der Waals surface area contributed by atoms with Crippen molar-refractivity contribution in [2.75, 3.05) is 13.2 Å². The quantitative estimate of drug-likeness (QED) is 0.294. The summed E-state index contributed by atoms with van der Waals surface area (Å²) in [5.74, 6) is 0. The molecule has 12 heavy (non-hydrogen) atoms. The number of hydrogen-bond donors (Lipinski definition) is 2. The zero-order valence-corrected chi connectivity index (χ0v) is 6.60. The van der Waals surface area contributed by atoms with Crippen LogP contribution in [0.4, 0.5) is 4.79 Å². The number of hydrogen-bond acceptors (Lipinski definition) is 4. The highest BCUT2D eigenvalue weighted by Gasteiger charge is 1.87. The van der Waals surface area contributed by atoms with Crippen LogP contribution in [0.25, 0.3) is 0 Å². The van der Waals surface area contributed by atoms with Crippen LogP contribution in [-0.4, -0.2) is 29.7 Å². The molecule has 0 aromatic rings. The van der Waals surface area contributed by atoms with E-state index in [2.05, 4.69) is 22.8 Å². The Labute approximate surface area is 70.5 Å². The van der Waals surface area contributed by atoms with Crippen LogP contribution in [0.5, 0.6) is 0 Å². The Morgan fingerprint density at radius 1 is 1.33 bits per heavy atom. The molecule has 0 spiro atoms. The zero-order chi connectivity index (χ0) is 9.82. The highest BCUT2D eigenvalue weighted by molar-refractivity contribution is 5.56. The van der Waals surface area contributed by atoms with Gasteiger partial charge in [-0.3, -0.25) is 5.26 Å². The average molecular weight is 176 g/mol. The molecule has 0 fully saturated rings.